The quantitative estimate of drug-likeness (QED) is 0.756. The SMILES string of the molecule is CC(=O)c1cnn(-c2ccc(C(C)C)cc2)c1. The maximum Gasteiger partial charge on any atom is 0.162 e. The van der Waals surface area contributed by atoms with Crippen LogP contribution in [0.1, 0.15) is 42.6 Å². The van der Waals surface area contributed by atoms with Crippen LogP contribution in [0.25, 0.3) is 5.69 Å². The molecule has 0 saturated heterocycles. The van der Waals surface area contributed by atoms with Gasteiger partial charge in [-0.3, -0.25) is 4.79 Å². The summed E-state index contributed by atoms with van der Waals surface area (Å²) >= 11 is 0. The van der Waals surface area contributed by atoms with Crippen LogP contribution >= 0.6 is 0 Å². The zero-order valence-corrected chi connectivity index (χ0v) is 10.3. The number of hydrogen-bond donors (Lipinski definition) is 0. The average molecular weight is 228 g/mol. The van der Waals surface area contributed by atoms with Gasteiger partial charge in [-0.1, -0.05) is 26.0 Å². The van der Waals surface area contributed by atoms with E-state index in [-0.39, 0.29) is 5.78 Å². The number of Topliss-reactive ketones (excluding diaryl/α,β-unsaturated/α-hetero) is 1. The first-order chi connectivity index (χ1) is 8.08. The molecule has 0 aliphatic heterocycles. The van der Waals surface area contributed by atoms with E-state index in [1.807, 2.05) is 12.1 Å². The third kappa shape index (κ3) is 2.44. The van der Waals surface area contributed by atoms with Crippen molar-refractivity contribution in [3.05, 3.63) is 47.8 Å². The molecule has 1 heterocycles. The minimum absolute atomic E-state index is 0.0371. The summed E-state index contributed by atoms with van der Waals surface area (Å²) < 4.78 is 1.72. The van der Waals surface area contributed by atoms with Gasteiger partial charge in [0.15, 0.2) is 5.78 Å². The van der Waals surface area contributed by atoms with Gasteiger partial charge in [-0.2, -0.15) is 5.10 Å². The predicted molar refractivity (Wildman–Crippen MR) is 67.7 cm³/mol. The van der Waals surface area contributed by atoms with Crippen LogP contribution in [-0.2, 0) is 0 Å². The number of hydrogen-bond acceptors (Lipinski definition) is 2. The summed E-state index contributed by atoms with van der Waals surface area (Å²) in [4.78, 5) is 11.2. The number of rotatable bonds is 3. The zero-order valence-electron chi connectivity index (χ0n) is 10.3. The first-order valence-corrected chi connectivity index (χ1v) is 5.74. The summed E-state index contributed by atoms with van der Waals surface area (Å²) in [6.45, 7) is 5.87. The molecule has 0 aliphatic carbocycles. The second kappa shape index (κ2) is 4.53. The van der Waals surface area contributed by atoms with Gasteiger partial charge in [0.25, 0.3) is 0 Å². The standard InChI is InChI=1S/C14H16N2O/c1-10(2)12-4-6-14(7-5-12)16-9-13(8-15-16)11(3)17/h4-10H,1-3H3. The van der Waals surface area contributed by atoms with Crippen molar-refractivity contribution in [3.8, 4) is 5.69 Å². The summed E-state index contributed by atoms with van der Waals surface area (Å²) in [5.41, 5.74) is 2.91. The minimum Gasteiger partial charge on any atom is -0.294 e. The molecule has 0 spiro atoms. The third-order valence-corrected chi connectivity index (χ3v) is 2.81. The Kier molecular flexibility index (Phi) is 3.09. The van der Waals surface area contributed by atoms with E-state index in [0.29, 0.717) is 11.5 Å². The van der Waals surface area contributed by atoms with Crippen molar-refractivity contribution in [3.63, 3.8) is 0 Å². The van der Waals surface area contributed by atoms with Crippen LogP contribution in [0.2, 0.25) is 0 Å². The highest BCUT2D eigenvalue weighted by Crippen LogP contribution is 2.16. The van der Waals surface area contributed by atoms with Crippen LogP contribution < -0.4 is 0 Å². The largest absolute Gasteiger partial charge is 0.294 e. The molecule has 1 aromatic carbocycles. The van der Waals surface area contributed by atoms with E-state index in [1.165, 1.54) is 5.56 Å². The molecule has 3 heteroatoms. The van der Waals surface area contributed by atoms with Crippen LogP contribution in [0.5, 0.6) is 0 Å². The van der Waals surface area contributed by atoms with Gasteiger partial charge < -0.3 is 0 Å². The summed E-state index contributed by atoms with van der Waals surface area (Å²) in [5, 5.41) is 4.18. The minimum atomic E-state index is 0.0371. The van der Waals surface area contributed by atoms with Gasteiger partial charge in [-0.05, 0) is 30.5 Å². The maximum absolute atomic E-state index is 11.2. The van der Waals surface area contributed by atoms with E-state index in [0.717, 1.165) is 5.69 Å². The Morgan fingerprint density at radius 3 is 2.35 bits per heavy atom. The Hall–Kier alpha value is -1.90. The molecule has 0 fully saturated rings. The van der Waals surface area contributed by atoms with Crippen molar-refractivity contribution < 1.29 is 4.79 Å². The van der Waals surface area contributed by atoms with Crippen molar-refractivity contribution in [1.29, 1.82) is 0 Å². The fraction of sp³-hybridized carbons (Fsp3) is 0.286. The summed E-state index contributed by atoms with van der Waals surface area (Å²) in [7, 11) is 0. The van der Waals surface area contributed by atoms with Gasteiger partial charge in [0.05, 0.1) is 17.4 Å². The summed E-state index contributed by atoms with van der Waals surface area (Å²) in [5.74, 6) is 0.560. The van der Waals surface area contributed by atoms with Gasteiger partial charge in [-0.15, -0.1) is 0 Å². The maximum atomic E-state index is 11.2. The normalized spacial score (nSPS) is 10.8. The number of ketones is 1. The molecule has 0 unspecified atom stereocenters. The Morgan fingerprint density at radius 2 is 1.88 bits per heavy atom. The second-order valence-electron chi connectivity index (χ2n) is 4.48. The lowest BCUT2D eigenvalue weighted by atomic mass is 10.0. The van der Waals surface area contributed by atoms with Gasteiger partial charge in [0.2, 0.25) is 0 Å². The molecule has 88 valence electrons. The van der Waals surface area contributed by atoms with E-state index in [1.54, 1.807) is 24.0 Å². The van der Waals surface area contributed by atoms with Gasteiger partial charge in [0, 0.05) is 6.20 Å². The summed E-state index contributed by atoms with van der Waals surface area (Å²) in [6.07, 6.45) is 3.35. The molecule has 1 aromatic heterocycles. The molecule has 3 nitrogen and oxygen atoms in total. The third-order valence-electron chi connectivity index (χ3n) is 2.81. The molecule has 17 heavy (non-hydrogen) atoms. The Balaban J connectivity index is 2.30. The first-order valence-electron chi connectivity index (χ1n) is 5.74. The van der Waals surface area contributed by atoms with E-state index >= 15 is 0 Å². The number of carbonyl (C=O) groups excluding carboxylic acids is 1. The number of aromatic nitrogens is 2. The number of benzene rings is 1. The smallest absolute Gasteiger partial charge is 0.162 e. The highest BCUT2D eigenvalue weighted by Gasteiger charge is 2.05. The van der Waals surface area contributed by atoms with Crippen LogP contribution in [-0.4, -0.2) is 15.6 Å². The van der Waals surface area contributed by atoms with E-state index in [2.05, 4.69) is 31.1 Å². The molecule has 0 amide bonds. The molecule has 2 aromatic rings. The lowest BCUT2D eigenvalue weighted by molar-refractivity contribution is 0.101. The Morgan fingerprint density at radius 1 is 1.24 bits per heavy atom. The lowest BCUT2D eigenvalue weighted by Crippen LogP contribution is -1.95. The lowest BCUT2D eigenvalue weighted by Gasteiger charge is -2.06. The van der Waals surface area contributed by atoms with Gasteiger partial charge in [0.1, 0.15) is 0 Å². The molecule has 0 bridgehead atoms. The van der Waals surface area contributed by atoms with E-state index in [9.17, 15) is 4.79 Å². The molecular weight excluding hydrogens is 212 g/mol. The highest BCUT2D eigenvalue weighted by molar-refractivity contribution is 5.93. The zero-order chi connectivity index (χ0) is 12.4. The van der Waals surface area contributed by atoms with Gasteiger partial charge >= 0.3 is 0 Å². The second-order valence-corrected chi connectivity index (χ2v) is 4.48. The fourth-order valence-electron chi connectivity index (χ4n) is 1.66. The average Bonchev–Trinajstić information content (AvgIpc) is 2.78. The number of carbonyl (C=O) groups is 1. The van der Waals surface area contributed by atoms with Crippen LogP contribution in [0.3, 0.4) is 0 Å². The van der Waals surface area contributed by atoms with Crippen molar-refractivity contribution in [1.82, 2.24) is 9.78 Å². The summed E-state index contributed by atoms with van der Waals surface area (Å²) in [6, 6.07) is 8.22. The molecule has 0 atom stereocenters. The molecule has 0 N–H and O–H groups in total. The monoisotopic (exact) mass is 228 g/mol. The topological polar surface area (TPSA) is 34.9 Å². The molecule has 0 saturated carbocycles. The Bertz CT molecular complexity index is 523. The van der Waals surface area contributed by atoms with Crippen LogP contribution in [0.15, 0.2) is 36.7 Å². The fourth-order valence-corrected chi connectivity index (χ4v) is 1.66. The van der Waals surface area contributed by atoms with Crippen molar-refractivity contribution in [2.45, 2.75) is 26.7 Å². The molecule has 2 rings (SSSR count). The Labute approximate surface area is 101 Å². The number of nitrogens with zero attached hydrogens (tertiary/aromatic N) is 2. The van der Waals surface area contributed by atoms with Crippen molar-refractivity contribution in [2.75, 3.05) is 0 Å². The first kappa shape index (κ1) is 11.6. The molecule has 0 aliphatic rings. The molecular formula is C14H16N2O. The van der Waals surface area contributed by atoms with Crippen LogP contribution in [0.4, 0.5) is 0 Å². The van der Waals surface area contributed by atoms with E-state index < -0.39 is 0 Å². The van der Waals surface area contributed by atoms with Crippen molar-refractivity contribution >= 4 is 5.78 Å². The van der Waals surface area contributed by atoms with Crippen molar-refractivity contribution in [2.24, 2.45) is 0 Å². The predicted octanol–water partition coefficient (Wildman–Crippen LogP) is 3.20. The molecule has 0 radical (unpaired) electrons. The highest BCUT2D eigenvalue weighted by atomic mass is 16.1. The van der Waals surface area contributed by atoms with Gasteiger partial charge in [-0.25, -0.2) is 4.68 Å². The van der Waals surface area contributed by atoms with E-state index in [4.69, 9.17) is 0 Å². The van der Waals surface area contributed by atoms with Crippen LogP contribution in [0, 0.1) is 0 Å².